The summed E-state index contributed by atoms with van der Waals surface area (Å²) in [6, 6.07) is 0. The summed E-state index contributed by atoms with van der Waals surface area (Å²) in [5.41, 5.74) is 3.57. The van der Waals surface area contributed by atoms with Crippen LogP contribution in [0.25, 0.3) is 0 Å². The van der Waals surface area contributed by atoms with E-state index < -0.39 is 0 Å². The molecule has 0 amide bonds. The van der Waals surface area contributed by atoms with Gasteiger partial charge in [-0.05, 0) is 6.42 Å². The van der Waals surface area contributed by atoms with Gasteiger partial charge >= 0.3 is 0 Å². The molecule has 0 unspecified atom stereocenters. The molecule has 0 spiro atoms. The van der Waals surface area contributed by atoms with E-state index in [4.69, 9.17) is 4.74 Å². The molecule has 1 aliphatic heterocycles. The Labute approximate surface area is 128 Å². The first-order valence-electron chi connectivity index (χ1n) is 7.45. The van der Waals surface area contributed by atoms with E-state index in [2.05, 4.69) is 27.5 Å². The van der Waals surface area contributed by atoms with Crippen molar-refractivity contribution in [3.8, 4) is 0 Å². The third-order valence-corrected chi connectivity index (χ3v) is 4.65. The summed E-state index contributed by atoms with van der Waals surface area (Å²) in [6.07, 6.45) is 4.28. The first-order valence-corrected chi connectivity index (χ1v) is 8.27. The molecule has 0 aliphatic carbocycles. The fourth-order valence-corrected chi connectivity index (χ4v) is 3.29. The van der Waals surface area contributed by atoms with Crippen molar-refractivity contribution in [1.29, 1.82) is 0 Å². The predicted octanol–water partition coefficient (Wildman–Crippen LogP) is 2.30. The monoisotopic (exact) mass is 307 g/mol. The summed E-state index contributed by atoms with van der Waals surface area (Å²) >= 11 is 1.64. The van der Waals surface area contributed by atoms with Crippen LogP contribution in [0.15, 0.2) is 0 Å². The maximum absolute atomic E-state index is 5.54. The first kappa shape index (κ1) is 14.5. The lowest BCUT2D eigenvalue weighted by Gasteiger charge is -2.12. The second-order valence-corrected chi connectivity index (χ2v) is 6.32. The minimum absolute atomic E-state index is 0.665. The van der Waals surface area contributed by atoms with Gasteiger partial charge in [-0.15, -0.1) is 10.2 Å². The van der Waals surface area contributed by atoms with Crippen LogP contribution in [0, 0.1) is 0 Å². The Hall–Kier alpha value is -1.47. The Bertz CT molecular complexity index is 607. The van der Waals surface area contributed by atoms with Gasteiger partial charge in [0.1, 0.15) is 5.01 Å². The quantitative estimate of drug-likeness (QED) is 0.887. The van der Waals surface area contributed by atoms with Gasteiger partial charge in [-0.25, -0.2) is 0 Å². The zero-order valence-electron chi connectivity index (χ0n) is 12.6. The minimum atomic E-state index is 0.665. The molecule has 2 aromatic heterocycles. The van der Waals surface area contributed by atoms with Crippen molar-refractivity contribution in [2.45, 2.75) is 45.8 Å². The molecule has 1 aliphatic rings. The van der Waals surface area contributed by atoms with Gasteiger partial charge in [-0.2, -0.15) is 5.10 Å². The van der Waals surface area contributed by atoms with Crippen LogP contribution < -0.4 is 5.32 Å². The molecular formula is C14H21N5OS. The summed E-state index contributed by atoms with van der Waals surface area (Å²) in [7, 11) is 1.99. The number of rotatable bonds is 6. The van der Waals surface area contributed by atoms with Gasteiger partial charge in [0.05, 0.1) is 31.1 Å². The fourth-order valence-electron chi connectivity index (χ4n) is 2.51. The first-order chi connectivity index (χ1) is 10.3. The number of hydrogen-bond donors (Lipinski definition) is 1. The molecule has 3 heterocycles. The molecule has 0 atom stereocenters. The number of hydrogen-bond acceptors (Lipinski definition) is 6. The van der Waals surface area contributed by atoms with E-state index in [-0.39, 0.29) is 0 Å². The standard InChI is InChI=1S/C14H21N5OS/c1-3-4-5-13-16-17-14(21-13)15-8-12-10-9-20-7-6-11(10)18-19(12)2/h3-9H2,1-2H3,(H,15,17). The summed E-state index contributed by atoms with van der Waals surface area (Å²) < 4.78 is 7.49. The van der Waals surface area contributed by atoms with Gasteiger partial charge in [0.2, 0.25) is 5.13 Å². The van der Waals surface area contributed by atoms with E-state index >= 15 is 0 Å². The lowest BCUT2D eigenvalue weighted by molar-refractivity contribution is 0.109. The highest BCUT2D eigenvalue weighted by molar-refractivity contribution is 7.15. The zero-order chi connectivity index (χ0) is 14.7. The van der Waals surface area contributed by atoms with Crippen molar-refractivity contribution >= 4 is 16.5 Å². The Kier molecular flexibility index (Phi) is 4.50. The highest BCUT2D eigenvalue weighted by Gasteiger charge is 2.19. The molecule has 7 heteroatoms. The van der Waals surface area contributed by atoms with Crippen LogP contribution in [0.4, 0.5) is 5.13 Å². The van der Waals surface area contributed by atoms with E-state index in [0.717, 1.165) is 29.6 Å². The molecule has 2 aromatic rings. The number of nitrogens with zero attached hydrogens (tertiary/aromatic N) is 4. The van der Waals surface area contributed by atoms with Gasteiger partial charge in [0.25, 0.3) is 0 Å². The van der Waals surface area contributed by atoms with Crippen molar-refractivity contribution in [1.82, 2.24) is 20.0 Å². The van der Waals surface area contributed by atoms with Crippen LogP contribution in [0.3, 0.4) is 0 Å². The third kappa shape index (κ3) is 3.24. The Morgan fingerprint density at radius 3 is 3.14 bits per heavy atom. The largest absolute Gasteiger partial charge is 0.376 e. The number of anilines is 1. The number of aryl methyl sites for hydroxylation is 2. The number of fused-ring (bicyclic) bond motifs is 1. The van der Waals surface area contributed by atoms with Gasteiger partial charge in [-0.3, -0.25) is 4.68 Å². The van der Waals surface area contributed by atoms with E-state index in [1.54, 1.807) is 11.3 Å². The Morgan fingerprint density at radius 1 is 1.38 bits per heavy atom. The van der Waals surface area contributed by atoms with E-state index in [1.807, 2.05) is 11.7 Å². The lowest BCUT2D eigenvalue weighted by Crippen LogP contribution is -2.11. The van der Waals surface area contributed by atoms with Crippen molar-refractivity contribution in [3.05, 3.63) is 22.0 Å². The van der Waals surface area contributed by atoms with Crippen LogP contribution in [-0.4, -0.2) is 26.6 Å². The van der Waals surface area contributed by atoms with Crippen LogP contribution in [0.5, 0.6) is 0 Å². The maximum Gasteiger partial charge on any atom is 0.205 e. The molecule has 0 radical (unpaired) electrons. The van der Waals surface area contributed by atoms with Crippen LogP contribution in [-0.2, 0) is 37.8 Å². The second-order valence-electron chi connectivity index (χ2n) is 5.26. The molecule has 114 valence electrons. The summed E-state index contributed by atoms with van der Waals surface area (Å²) in [6.45, 7) is 4.34. The number of nitrogens with one attached hydrogen (secondary N) is 1. The topological polar surface area (TPSA) is 64.9 Å². The smallest absolute Gasteiger partial charge is 0.205 e. The summed E-state index contributed by atoms with van der Waals surface area (Å²) in [4.78, 5) is 0. The highest BCUT2D eigenvalue weighted by atomic mass is 32.1. The average molecular weight is 307 g/mol. The van der Waals surface area contributed by atoms with Crippen molar-refractivity contribution in [3.63, 3.8) is 0 Å². The average Bonchev–Trinajstić information content (AvgIpc) is 3.06. The normalized spacial score (nSPS) is 14.2. The van der Waals surface area contributed by atoms with E-state index in [1.165, 1.54) is 29.8 Å². The van der Waals surface area contributed by atoms with Crippen molar-refractivity contribution in [2.24, 2.45) is 7.05 Å². The number of unbranched alkanes of at least 4 members (excludes halogenated alkanes) is 1. The molecule has 0 saturated heterocycles. The Morgan fingerprint density at radius 2 is 2.29 bits per heavy atom. The molecule has 1 N–H and O–H groups in total. The van der Waals surface area contributed by atoms with E-state index in [0.29, 0.717) is 13.2 Å². The molecular weight excluding hydrogens is 286 g/mol. The van der Waals surface area contributed by atoms with Crippen molar-refractivity contribution < 1.29 is 4.74 Å². The summed E-state index contributed by atoms with van der Waals surface area (Å²) in [5, 5.41) is 18.4. The molecule has 0 fully saturated rings. The fraction of sp³-hybridized carbons (Fsp3) is 0.643. The lowest BCUT2D eigenvalue weighted by atomic mass is 10.1. The molecule has 0 saturated carbocycles. The SMILES string of the molecule is CCCCc1nnc(NCc2c3c(nn2C)CCOC3)s1. The van der Waals surface area contributed by atoms with Gasteiger partial charge in [0, 0.05) is 25.5 Å². The molecule has 3 rings (SSSR count). The molecule has 0 aromatic carbocycles. The maximum atomic E-state index is 5.54. The predicted molar refractivity (Wildman–Crippen MR) is 82.4 cm³/mol. The van der Waals surface area contributed by atoms with Gasteiger partial charge in [0.15, 0.2) is 0 Å². The third-order valence-electron chi connectivity index (χ3n) is 3.71. The molecule has 6 nitrogen and oxygen atoms in total. The van der Waals surface area contributed by atoms with Gasteiger partial charge in [-0.1, -0.05) is 24.7 Å². The summed E-state index contributed by atoms with van der Waals surface area (Å²) in [5.74, 6) is 0. The van der Waals surface area contributed by atoms with Crippen LogP contribution in [0.1, 0.15) is 41.7 Å². The van der Waals surface area contributed by atoms with Crippen LogP contribution in [0.2, 0.25) is 0 Å². The van der Waals surface area contributed by atoms with Gasteiger partial charge < -0.3 is 10.1 Å². The second kappa shape index (κ2) is 6.53. The number of ether oxygens (including phenoxy) is 1. The highest BCUT2D eigenvalue weighted by Crippen LogP contribution is 2.22. The molecule has 21 heavy (non-hydrogen) atoms. The van der Waals surface area contributed by atoms with Crippen molar-refractivity contribution in [2.75, 3.05) is 11.9 Å². The molecule has 0 bridgehead atoms. The zero-order valence-corrected chi connectivity index (χ0v) is 13.4. The van der Waals surface area contributed by atoms with E-state index in [9.17, 15) is 0 Å². The van der Waals surface area contributed by atoms with Crippen LogP contribution >= 0.6 is 11.3 Å². The minimum Gasteiger partial charge on any atom is -0.376 e. The number of aromatic nitrogens is 4. The Balaban J connectivity index is 1.65.